The molecule has 2 fully saturated rings. The summed E-state index contributed by atoms with van der Waals surface area (Å²) in [4.78, 5) is 44.4. The Morgan fingerprint density at radius 3 is 2.21 bits per heavy atom. The van der Waals surface area contributed by atoms with Crippen LogP contribution in [0.3, 0.4) is 0 Å². The molecular weight excluding hydrogens is 587 g/mol. The monoisotopic (exact) mass is 608 g/mol. The fourth-order valence-corrected chi connectivity index (χ4v) is 5.99. The van der Waals surface area contributed by atoms with Crippen molar-refractivity contribution in [1.29, 1.82) is 0 Å². The van der Waals surface area contributed by atoms with E-state index in [-0.39, 0.29) is 59.3 Å². The van der Waals surface area contributed by atoms with Crippen LogP contribution in [0.15, 0.2) is 4.90 Å². The third-order valence-corrected chi connectivity index (χ3v) is 7.97. The van der Waals surface area contributed by atoms with Crippen LogP contribution in [0.25, 0.3) is 0 Å². The van der Waals surface area contributed by atoms with Crippen LogP contribution in [0.2, 0.25) is 0 Å². The molecule has 3 rings (SSSR count). The van der Waals surface area contributed by atoms with Gasteiger partial charge in [0, 0.05) is 17.4 Å². The molecule has 2 heterocycles. The van der Waals surface area contributed by atoms with Gasteiger partial charge in [0.2, 0.25) is 29.2 Å². The number of unbranched alkanes of at least 4 members (excludes halogenated alkanes) is 1. The Morgan fingerprint density at radius 1 is 0.974 bits per heavy atom. The van der Waals surface area contributed by atoms with Gasteiger partial charge in [0.1, 0.15) is 21.6 Å². The number of amides is 4. The number of hydrogen-bond acceptors (Lipinski definition) is 9. The van der Waals surface area contributed by atoms with E-state index in [1.54, 1.807) is 11.8 Å². The molecule has 0 bridgehead atoms. The van der Waals surface area contributed by atoms with Gasteiger partial charge in [0.25, 0.3) is 0 Å². The molecule has 0 radical (unpaired) electrons. The molecule has 1 aromatic carbocycles. The number of halogens is 4. The number of ether oxygens (including phenoxy) is 1. The average molecular weight is 609 g/mol. The second kappa shape index (κ2) is 14.0. The van der Waals surface area contributed by atoms with Crippen LogP contribution in [0, 0.1) is 23.3 Å². The van der Waals surface area contributed by atoms with E-state index in [0.29, 0.717) is 12.8 Å². The summed E-state index contributed by atoms with van der Waals surface area (Å²) < 4.78 is 91.7. The zero-order valence-electron chi connectivity index (χ0n) is 20.3. The summed E-state index contributed by atoms with van der Waals surface area (Å²) in [5, 5.41) is 10.2. The van der Waals surface area contributed by atoms with Crippen molar-refractivity contribution in [3.63, 3.8) is 0 Å². The number of fused-ring (bicyclic) bond motifs is 1. The fourth-order valence-electron chi connectivity index (χ4n) is 3.83. The van der Waals surface area contributed by atoms with Crippen molar-refractivity contribution in [2.45, 2.75) is 47.9 Å². The Kier molecular flexibility index (Phi) is 11.9. The van der Waals surface area contributed by atoms with E-state index in [1.165, 1.54) is 0 Å². The molecule has 4 amide bonds. The third kappa shape index (κ3) is 8.43. The molecule has 0 aromatic heterocycles. The van der Waals surface area contributed by atoms with Crippen molar-refractivity contribution in [1.82, 2.24) is 21.3 Å². The molecule has 0 aliphatic carbocycles. The minimum atomic E-state index is -5.93. The maximum absolute atomic E-state index is 13.9. The number of carbonyl (C=O) groups excluding carboxylic acids is 4. The molecule has 3 atom stereocenters. The summed E-state index contributed by atoms with van der Waals surface area (Å²) in [7, 11) is -5.93. The van der Waals surface area contributed by atoms with Gasteiger partial charge in [-0.2, -0.15) is 20.5 Å². The number of rotatable bonds is 11. The van der Waals surface area contributed by atoms with Crippen LogP contribution in [0.4, 0.5) is 22.4 Å². The summed E-state index contributed by atoms with van der Waals surface area (Å²) in [6.45, 7) is -1.60. The van der Waals surface area contributed by atoms with E-state index in [1.807, 2.05) is 5.32 Å². The summed E-state index contributed by atoms with van der Waals surface area (Å²) in [5.74, 6) is -14.1. The molecule has 210 valence electrons. The van der Waals surface area contributed by atoms with E-state index in [9.17, 15) is 49.7 Å². The Morgan fingerprint density at radius 2 is 1.59 bits per heavy atom. The first-order valence-corrected chi connectivity index (χ1v) is 13.5. The van der Waals surface area contributed by atoms with Crippen molar-refractivity contribution in [3.05, 3.63) is 23.3 Å². The number of nitrogens with one attached hydrogen (secondary N) is 4. The molecule has 0 saturated carbocycles. The van der Waals surface area contributed by atoms with Crippen LogP contribution >= 0.6 is 11.8 Å². The zero-order valence-corrected chi connectivity index (χ0v) is 23.9. The number of hydrogen-bond donors (Lipinski definition) is 4. The first-order valence-electron chi connectivity index (χ1n) is 11.0. The van der Waals surface area contributed by atoms with E-state index in [2.05, 4.69) is 20.7 Å². The topological polar surface area (TPSA) is 183 Å². The van der Waals surface area contributed by atoms with Crippen LogP contribution in [-0.4, -0.2) is 73.0 Å². The third-order valence-electron chi connectivity index (χ3n) is 5.61. The molecule has 2 saturated heterocycles. The molecule has 1 aromatic rings. The summed E-state index contributed by atoms with van der Waals surface area (Å²) in [6.07, 6.45) is 2.12. The van der Waals surface area contributed by atoms with Crippen molar-refractivity contribution in [2.24, 2.45) is 0 Å². The minimum Gasteiger partial charge on any atom is -0.744 e. The molecule has 19 heteroatoms. The van der Waals surface area contributed by atoms with Crippen molar-refractivity contribution in [2.75, 3.05) is 18.8 Å². The van der Waals surface area contributed by atoms with Crippen molar-refractivity contribution < 1.29 is 84.0 Å². The maximum Gasteiger partial charge on any atom is 1.00 e. The first kappa shape index (κ1) is 33.1. The number of thioether (sulfide) groups is 1. The van der Waals surface area contributed by atoms with Gasteiger partial charge in [0.15, 0.2) is 11.6 Å². The summed E-state index contributed by atoms with van der Waals surface area (Å²) in [6, 6.07) is -0.0401. The Hall–Kier alpha value is -2.12. The summed E-state index contributed by atoms with van der Waals surface area (Å²) in [5.41, 5.74) is 0. The summed E-state index contributed by atoms with van der Waals surface area (Å²) >= 11 is 1.74. The van der Waals surface area contributed by atoms with Gasteiger partial charge in [-0.05, 0) is 12.8 Å². The number of carbonyl (C=O) groups is 4. The zero-order chi connectivity index (χ0) is 28.2. The molecule has 2 aliphatic heterocycles. The van der Waals surface area contributed by atoms with Crippen molar-refractivity contribution >= 4 is 45.7 Å². The van der Waals surface area contributed by atoms with Crippen LogP contribution in [0.1, 0.15) is 25.7 Å². The normalized spacial score (nSPS) is 19.8. The molecule has 2 aliphatic rings. The largest absolute Gasteiger partial charge is 1.00 e. The Bertz CT molecular complexity index is 1230. The average Bonchev–Trinajstić information content (AvgIpc) is 3.39. The van der Waals surface area contributed by atoms with Crippen molar-refractivity contribution in [3.8, 4) is 5.75 Å². The molecule has 0 spiro atoms. The van der Waals surface area contributed by atoms with Gasteiger partial charge >= 0.3 is 41.6 Å². The Labute approximate surface area is 245 Å². The standard InChI is InChI=1S/C20H22F4N4O8S2.Na/c21-13-15(23)19(38(33,34)35)16(24)14(22)18(13)36-12(31)6-26-11(30)5-25-10(29)4-2-1-3-9-17-8(7-37-9)27-20(32)28-17;/h8-9,17H,1-7H2,(H,25,29)(H,26,30)(H2,27,28,32)(H,33,34,35);/q;+1/p-1/t8-,9-,17-;/m0./s1. The van der Waals surface area contributed by atoms with E-state index < -0.39 is 74.9 Å². The second-order valence-electron chi connectivity index (χ2n) is 8.26. The molecule has 4 N–H and O–H groups in total. The quantitative estimate of drug-likeness (QED) is 0.0298. The fraction of sp³-hybridized carbons (Fsp3) is 0.500. The van der Waals surface area contributed by atoms with Gasteiger partial charge in [-0.1, -0.05) is 6.42 Å². The van der Waals surface area contributed by atoms with Crippen LogP contribution < -0.4 is 55.6 Å². The molecular formula is C20H21F4N4NaO8S2. The van der Waals surface area contributed by atoms with E-state index in [4.69, 9.17) is 0 Å². The second-order valence-corrected chi connectivity index (χ2v) is 10.9. The van der Waals surface area contributed by atoms with Gasteiger partial charge in [0.05, 0.1) is 18.6 Å². The first-order chi connectivity index (χ1) is 17.8. The SMILES string of the molecule is O=C(CCCC[C@@H]1SC[C@@H]2NC(=O)N[C@@H]21)NCC(=O)NCC(=O)Oc1c(F)c(F)c(S(=O)(=O)[O-])c(F)c1F.[Na+]. The number of benzene rings is 1. The Balaban J connectivity index is 0.00000533. The minimum absolute atomic E-state index is 0. The van der Waals surface area contributed by atoms with Crippen LogP contribution in [0.5, 0.6) is 5.75 Å². The maximum atomic E-state index is 13.9. The van der Waals surface area contributed by atoms with Gasteiger partial charge in [-0.15, -0.1) is 0 Å². The van der Waals surface area contributed by atoms with Gasteiger partial charge < -0.3 is 30.6 Å². The molecule has 12 nitrogen and oxygen atoms in total. The number of esters is 1. The predicted molar refractivity (Wildman–Crippen MR) is 120 cm³/mol. The van der Waals surface area contributed by atoms with Gasteiger partial charge in [-0.3, -0.25) is 9.59 Å². The number of urea groups is 1. The molecule has 0 unspecified atom stereocenters. The van der Waals surface area contributed by atoms with Gasteiger partial charge in [-0.25, -0.2) is 26.8 Å². The smallest absolute Gasteiger partial charge is 0.744 e. The van der Waals surface area contributed by atoms with E-state index in [0.717, 1.165) is 12.2 Å². The predicted octanol–water partition coefficient (Wildman–Crippen LogP) is -2.99. The van der Waals surface area contributed by atoms with E-state index >= 15 is 0 Å². The van der Waals surface area contributed by atoms with Crippen LogP contribution in [-0.2, 0) is 24.5 Å². The molecule has 39 heavy (non-hydrogen) atoms.